The summed E-state index contributed by atoms with van der Waals surface area (Å²) in [7, 11) is 0. The van der Waals surface area contributed by atoms with E-state index in [1.54, 1.807) is 0 Å². The van der Waals surface area contributed by atoms with Crippen molar-refractivity contribution in [1.82, 2.24) is 20.1 Å². The lowest BCUT2D eigenvalue weighted by molar-refractivity contribution is -0.134. The van der Waals surface area contributed by atoms with E-state index in [9.17, 15) is 4.79 Å². The SMILES string of the molecule is C[C@@H]1CCC[C@H](C)N1C(=O)CSc1nnc2c(n1)[C@@]1(C)CC[C@H]2C1(C)C. The number of nitrogens with zero attached hydrogens (tertiary/aromatic N) is 4. The largest absolute Gasteiger partial charge is 0.337 e. The van der Waals surface area contributed by atoms with Crippen molar-refractivity contribution < 1.29 is 4.79 Å². The molecule has 1 aromatic heterocycles. The number of hydrogen-bond donors (Lipinski definition) is 0. The van der Waals surface area contributed by atoms with Gasteiger partial charge in [-0.05, 0) is 51.4 Å². The van der Waals surface area contributed by atoms with Crippen LogP contribution in [-0.2, 0) is 10.2 Å². The van der Waals surface area contributed by atoms with Gasteiger partial charge in [-0.3, -0.25) is 4.79 Å². The van der Waals surface area contributed by atoms with Crippen molar-refractivity contribution in [3.8, 4) is 0 Å². The highest BCUT2D eigenvalue weighted by atomic mass is 32.2. The number of carbonyl (C=O) groups excluding carboxylic acids is 1. The van der Waals surface area contributed by atoms with Gasteiger partial charge in [-0.25, -0.2) is 4.98 Å². The monoisotopic (exact) mass is 374 g/mol. The van der Waals surface area contributed by atoms with Crippen molar-refractivity contribution in [2.24, 2.45) is 5.41 Å². The Morgan fingerprint density at radius 3 is 2.54 bits per heavy atom. The molecular weight excluding hydrogens is 344 g/mol. The van der Waals surface area contributed by atoms with Gasteiger partial charge in [-0.1, -0.05) is 32.5 Å². The van der Waals surface area contributed by atoms with Crippen LogP contribution in [0.15, 0.2) is 5.16 Å². The Labute approximate surface area is 160 Å². The third-order valence-electron chi connectivity index (χ3n) is 7.58. The van der Waals surface area contributed by atoms with Crippen molar-refractivity contribution in [3.63, 3.8) is 0 Å². The Kier molecular flexibility index (Phi) is 4.33. The number of likely N-dealkylation sites (tertiary alicyclic amines) is 1. The fourth-order valence-corrected chi connectivity index (χ4v) is 6.19. The molecule has 5 nitrogen and oxygen atoms in total. The van der Waals surface area contributed by atoms with E-state index >= 15 is 0 Å². The van der Waals surface area contributed by atoms with Crippen LogP contribution in [0.3, 0.4) is 0 Å². The Morgan fingerprint density at radius 2 is 1.85 bits per heavy atom. The van der Waals surface area contributed by atoms with E-state index in [1.807, 2.05) is 0 Å². The fraction of sp³-hybridized carbons (Fsp3) is 0.800. The third-order valence-corrected chi connectivity index (χ3v) is 8.40. The third kappa shape index (κ3) is 2.51. The van der Waals surface area contributed by atoms with Gasteiger partial charge >= 0.3 is 0 Å². The molecule has 1 saturated heterocycles. The predicted molar refractivity (Wildman–Crippen MR) is 103 cm³/mol. The molecule has 0 radical (unpaired) electrons. The van der Waals surface area contributed by atoms with Crippen molar-refractivity contribution >= 4 is 17.7 Å². The molecule has 0 spiro atoms. The van der Waals surface area contributed by atoms with Crippen molar-refractivity contribution in [2.45, 2.75) is 95.3 Å². The average molecular weight is 375 g/mol. The molecule has 1 aliphatic heterocycles. The van der Waals surface area contributed by atoms with E-state index in [0.29, 0.717) is 28.9 Å². The Balaban J connectivity index is 1.49. The zero-order valence-electron chi connectivity index (χ0n) is 16.6. The molecule has 2 heterocycles. The van der Waals surface area contributed by atoms with Gasteiger partial charge in [0, 0.05) is 23.4 Å². The molecule has 2 aliphatic carbocycles. The number of thioether (sulfide) groups is 1. The minimum Gasteiger partial charge on any atom is -0.337 e. The fourth-order valence-electron chi connectivity index (χ4n) is 5.54. The summed E-state index contributed by atoms with van der Waals surface area (Å²) in [5, 5.41) is 9.55. The Hall–Kier alpha value is -1.17. The van der Waals surface area contributed by atoms with Crippen LogP contribution in [0.5, 0.6) is 0 Å². The Bertz CT molecular complexity index is 727. The molecule has 4 rings (SSSR count). The molecule has 1 saturated carbocycles. The minimum absolute atomic E-state index is 0.0815. The number of fused-ring (bicyclic) bond motifs is 5. The first-order valence-electron chi connectivity index (χ1n) is 9.95. The number of piperidine rings is 1. The maximum atomic E-state index is 12.7. The molecule has 1 amide bonds. The highest BCUT2D eigenvalue weighted by molar-refractivity contribution is 7.99. The summed E-state index contributed by atoms with van der Waals surface area (Å²) in [6, 6.07) is 0.669. The van der Waals surface area contributed by atoms with Crippen molar-refractivity contribution in [2.75, 3.05) is 5.75 Å². The standard InChI is InChI=1S/C20H30N4OS/c1-12-7-6-8-13(2)24(12)15(25)11-26-18-21-17-16(22-23-18)14-9-10-20(17,5)19(14,3)4/h12-14H,6-11H2,1-5H3/t12-,13+,14-,20-/m1/s1. The zero-order chi connectivity index (χ0) is 18.7. The van der Waals surface area contributed by atoms with Gasteiger partial charge in [-0.2, -0.15) is 5.10 Å². The average Bonchev–Trinajstić information content (AvgIpc) is 2.92. The lowest BCUT2D eigenvalue weighted by Crippen LogP contribution is -2.48. The zero-order valence-corrected chi connectivity index (χ0v) is 17.4. The van der Waals surface area contributed by atoms with Crippen LogP contribution >= 0.6 is 11.8 Å². The molecule has 0 N–H and O–H groups in total. The van der Waals surface area contributed by atoms with Crippen LogP contribution in [0.2, 0.25) is 0 Å². The molecule has 2 bridgehead atoms. The van der Waals surface area contributed by atoms with E-state index in [-0.39, 0.29) is 16.7 Å². The molecule has 0 aromatic carbocycles. The molecule has 3 aliphatic rings. The molecular formula is C20H30N4OS. The van der Waals surface area contributed by atoms with Crippen molar-refractivity contribution in [3.05, 3.63) is 11.4 Å². The summed E-state index contributed by atoms with van der Waals surface area (Å²) in [5.41, 5.74) is 2.49. The molecule has 142 valence electrons. The first-order chi connectivity index (χ1) is 12.3. The molecule has 26 heavy (non-hydrogen) atoms. The summed E-state index contributed by atoms with van der Waals surface area (Å²) in [4.78, 5) is 19.7. The highest BCUT2D eigenvalue weighted by Gasteiger charge is 2.61. The summed E-state index contributed by atoms with van der Waals surface area (Å²) >= 11 is 1.44. The second-order valence-corrected chi connectivity index (χ2v) is 10.1. The van der Waals surface area contributed by atoms with Gasteiger partial charge in [0.05, 0.1) is 17.1 Å². The number of amides is 1. The van der Waals surface area contributed by atoms with Gasteiger partial charge < -0.3 is 4.90 Å². The number of rotatable bonds is 3. The summed E-state index contributed by atoms with van der Waals surface area (Å²) in [5.74, 6) is 1.07. The maximum absolute atomic E-state index is 12.7. The molecule has 1 aromatic rings. The Morgan fingerprint density at radius 1 is 1.15 bits per heavy atom. The van der Waals surface area contributed by atoms with Gasteiger partial charge in [0.25, 0.3) is 0 Å². The molecule has 0 unspecified atom stereocenters. The van der Waals surface area contributed by atoms with Crippen molar-refractivity contribution in [1.29, 1.82) is 0 Å². The second-order valence-electron chi connectivity index (χ2n) is 9.19. The summed E-state index contributed by atoms with van der Waals surface area (Å²) in [6.45, 7) is 11.3. The van der Waals surface area contributed by atoms with Gasteiger partial charge in [-0.15, -0.1) is 5.10 Å². The van der Waals surface area contributed by atoms with E-state index in [2.05, 4.69) is 49.7 Å². The predicted octanol–water partition coefficient (Wildman–Crippen LogP) is 3.93. The lowest BCUT2D eigenvalue weighted by Gasteiger charge is -2.39. The van der Waals surface area contributed by atoms with Crippen LogP contribution in [0, 0.1) is 5.41 Å². The number of carbonyl (C=O) groups is 1. The van der Waals surface area contributed by atoms with E-state index in [0.717, 1.165) is 24.2 Å². The second kappa shape index (κ2) is 6.18. The normalized spacial score (nSPS) is 34.8. The van der Waals surface area contributed by atoms with E-state index < -0.39 is 0 Å². The first-order valence-corrected chi connectivity index (χ1v) is 10.9. The van der Waals surface area contributed by atoms with E-state index in [1.165, 1.54) is 31.0 Å². The number of aromatic nitrogens is 3. The van der Waals surface area contributed by atoms with Crippen LogP contribution in [0.1, 0.15) is 84.0 Å². The lowest BCUT2D eigenvalue weighted by atomic mass is 9.70. The summed E-state index contributed by atoms with van der Waals surface area (Å²) < 4.78 is 0. The number of hydrogen-bond acceptors (Lipinski definition) is 5. The molecule has 2 fully saturated rings. The highest BCUT2D eigenvalue weighted by Crippen LogP contribution is 2.66. The maximum Gasteiger partial charge on any atom is 0.233 e. The van der Waals surface area contributed by atoms with Crippen LogP contribution in [-0.4, -0.2) is 43.8 Å². The van der Waals surface area contributed by atoms with E-state index in [4.69, 9.17) is 4.98 Å². The van der Waals surface area contributed by atoms with Crippen LogP contribution in [0.25, 0.3) is 0 Å². The smallest absolute Gasteiger partial charge is 0.233 e. The van der Waals surface area contributed by atoms with Crippen LogP contribution in [0.4, 0.5) is 0 Å². The van der Waals surface area contributed by atoms with Gasteiger partial charge in [0.2, 0.25) is 11.1 Å². The first kappa shape index (κ1) is 18.2. The minimum atomic E-state index is 0.0815. The molecule has 6 heteroatoms. The topological polar surface area (TPSA) is 59.0 Å². The van der Waals surface area contributed by atoms with Gasteiger partial charge in [0.1, 0.15) is 0 Å². The summed E-state index contributed by atoms with van der Waals surface area (Å²) in [6.07, 6.45) is 5.77. The van der Waals surface area contributed by atoms with Crippen LogP contribution < -0.4 is 0 Å². The van der Waals surface area contributed by atoms with Gasteiger partial charge in [0.15, 0.2) is 0 Å². The molecule has 4 atom stereocenters. The quantitative estimate of drug-likeness (QED) is 0.750.